The highest BCUT2D eigenvalue weighted by Crippen LogP contribution is 2.40. The van der Waals surface area contributed by atoms with Crippen LogP contribution in [0, 0.1) is 0 Å². The van der Waals surface area contributed by atoms with Gasteiger partial charge in [0.1, 0.15) is 33.2 Å². The van der Waals surface area contributed by atoms with E-state index >= 15 is 0 Å². The largest absolute Gasteiger partial charge is 0.495 e. The van der Waals surface area contributed by atoms with Gasteiger partial charge in [0, 0.05) is 12.1 Å². The van der Waals surface area contributed by atoms with Crippen LogP contribution in [0.1, 0.15) is 16.8 Å². The lowest BCUT2D eigenvalue weighted by Crippen LogP contribution is -2.33. The number of amides is 1. The van der Waals surface area contributed by atoms with Crippen molar-refractivity contribution in [3.05, 3.63) is 72.3 Å². The maximum Gasteiger partial charge on any atom is 0.260 e. The summed E-state index contributed by atoms with van der Waals surface area (Å²) in [4.78, 5) is 22.3. The van der Waals surface area contributed by atoms with Crippen molar-refractivity contribution in [2.45, 2.75) is 6.42 Å². The molecule has 0 unspecified atom stereocenters. The first-order chi connectivity index (χ1) is 17.0. The van der Waals surface area contributed by atoms with Crippen molar-refractivity contribution >= 4 is 45.0 Å². The van der Waals surface area contributed by atoms with Gasteiger partial charge in [0.2, 0.25) is 0 Å². The minimum atomic E-state index is -0.119. The van der Waals surface area contributed by atoms with Gasteiger partial charge in [-0.15, -0.1) is 12.4 Å². The summed E-state index contributed by atoms with van der Waals surface area (Å²) in [5.74, 6) is 2.64. The number of hydrogen-bond acceptors (Lipinski definition) is 7. The molecule has 0 aliphatic carbocycles. The number of para-hydroxylation sites is 1. The molecule has 4 rings (SSSR count). The average molecular weight is 528 g/mol. The highest BCUT2D eigenvalue weighted by molar-refractivity contribution is 7.22. The van der Waals surface area contributed by atoms with Crippen LogP contribution in [0.25, 0.3) is 10.2 Å². The van der Waals surface area contributed by atoms with Gasteiger partial charge >= 0.3 is 0 Å². The second kappa shape index (κ2) is 12.6. The van der Waals surface area contributed by atoms with E-state index in [1.165, 1.54) is 11.3 Å². The molecule has 0 atom stereocenters. The van der Waals surface area contributed by atoms with Crippen LogP contribution in [0.2, 0.25) is 0 Å². The minimum Gasteiger partial charge on any atom is -0.495 e. The second-order valence-corrected chi connectivity index (χ2v) is 9.17. The molecule has 1 heterocycles. The monoisotopic (exact) mass is 527 g/mol. The number of benzene rings is 3. The number of aromatic nitrogens is 1. The highest BCUT2D eigenvalue weighted by atomic mass is 35.5. The fourth-order valence-corrected chi connectivity index (χ4v) is 4.76. The molecule has 190 valence electrons. The summed E-state index contributed by atoms with van der Waals surface area (Å²) in [5.41, 5.74) is 1.25. The van der Waals surface area contributed by atoms with E-state index in [0.717, 1.165) is 23.4 Å². The number of anilines is 1. The third-order valence-electron chi connectivity index (χ3n) is 5.44. The van der Waals surface area contributed by atoms with Crippen molar-refractivity contribution < 1.29 is 19.0 Å². The van der Waals surface area contributed by atoms with Gasteiger partial charge in [0.15, 0.2) is 5.13 Å². The zero-order valence-electron chi connectivity index (χ0n) is 20.8. The van der Waals surface area contributed by atoms with Crippen LogP contribution >= 0.6 is 23.7 Å². The number of halogens is 1. The minimum absolute atomic E-state index is 0. The maximum absolute atomic E-state index is 13.7. The van der Waals surface area contributed by atoms with Gasteiger partial charge in [-0.25, -0.2) is 4.98 Å². The Hall–Kier alpha value is -3.33. The molecule has 0 spiro atoms. The molecule has 3 aromatic carbocycles. The Morgan fingerprint density at radius 2 is 1.50 bits per heavy atom. The topological polar surface area (TPSA) is 64.1 Å². The SMILES string of the molecule is COc1ccc(OC)c2sc(N(CCCN(C)C)C(=O)c3ccc(Oc4ccccc4)cc3)nc12.Cl. The van der Waals surface area contributed by atoms with Crippen molar-refractivity contribution in [1.29, 1.82) is 0 Å². The van der Waals surface area contributed by atoms with Gasteiger partial charge in [-0.3, -0.25) is 9.69 Å². The number of thiazole rings is 1. The molecular formula is C27H30ClN3O4S. The normalized spacial score (nSPS) is 10.7. The Kier molecular flexibility index (Phi) is 9.52. The molecule has 7 nitrogen and oxygen atoms in total. The predicted octanol–water partition coefficient (Wildman–Crippen LogP) is 6.13. The van der Waals surface area contributed by atoms with Crippen molar-refractivity contribution in [2.75, 3.05) is 46.3 Å². The molecule has 0 aliphatic heterocycles. The van der Waals surface area contributed by atoms with E-state index in [9.17, 15) is 4.79 Å². The molecule has 0 fully saturated rings. The van der Waals surface area contributed by atoms with Crippen LogP contribution in [-0.2, 0) is 0 Å². The van der Waals surface area contributed by atoms with E-state index in [-0.39, 0.29) is 18.3 Å². The lowest BCUT2D eigenvalue weighted by atomic mass is 10.2. The van der Waals surface area contributed by atoms with E-state index < -0.39 is 0 Å². The molecular weight excluding hydrogens is 498 g/mol. The Balaban J connectivity index is 0.00000361. The Morgan fingerprint density at radius 1 is 0.861 bits per heavy atom. The Labute approximate surface area is 221 Å². The van der Waals surface area contributed by atoms with E-state index in [2.05, 4.69) is 4.90 Å². The summed E-state index contributed by atoms with van der Waals surface area (Å²) in [6.45, 7) is 1.38. The molecule has 1 amide bonds. The van der Waals surface area contributed by atoms with Gasteiger partial charge in [0.25, 0.3) is 5.91 Å². The zero-order chi connectivity index (χ0) is 24.8. The third-order valence-corrected chi connectivity index (χ3v) is 6.54. The fraction of sp³-hybridized carbons (Fsp3) is 0.259. The number of hydrogen-bond donors (Lipinski definition) is 0. The van der Waals surface area contributed by atoms with Gasteiger partial charge in [-0.05, 0) is 75.6 Å². The Bertz CT molecular complexity index is 1240. The van der Waals surface area contributed by atoms with Crippen molar-refractivity contribution in [3.8, 4) is 23.0 Å². The molecule has 0 N–H and O–H groups in total. The lowest BCUT2D eigenvalue weighted by molar-refractivity contribution is 0.0986. The van der Waals surface area contributed by atoms with Crippen molar-refractivity contribution in [1.82, 2.24) is 9.88 Å². The molecule has 1 aromatic heterocycles. The molecule has 0 saturated carbocycles. The number of carbonyl (C=O) groups is 1. The summed E-state index contributed by atoms with van der Waals surface area (Å²) < 4.78 is 17.8. The lowest BCUT2D eigenvalue weighted by Gasteiger charge is -2.21. The van der Waals surface area contributed by atoms with E-state index in [1.807, 2.05) is 68.7 Å². The number of methoxy groups -OCH3 is 2. The third kappa shape index (κ3) is 6.26. The fourth-order valence-electron chi connectivity index (χ4n) is 3.66. The highest BCUT2D eigenvalue weighted by Gasteiger charge is 2.23. The van der Waals surface area contributed by atoms with Crippen LogP contribution in [-0.4, -0.2) is 57.2 Å². The smallest absolute Gasteiger partial charge is 0.260 e. The first-order valence-electron chi connectivity index (χ1n) is 11.3. The molecule has 9 heteroatoms. The first kappa shape index (κ1) is 27.3. The van der Waals surface area contributed by atoms with Crippen molar-refractivity contribution in [3.63, 3.8) is 0 Å². The molecule has 4 aromatic rings. The summed E-state index contributed by atoms with van der Waals surface area (Å²) in [6, 6.07) is 20.4. The number of carbonyl (C=O) groups excluding carboxylic acids is 1. The summed E-state index contributed by atoms with van der Waals surface area (Å²) in [6.07, 6.45) is 0.804. The van der Waals surface area contributed by atoms with E-state index in [4.69, 9.17) is 19.2 Å². The van der Waals surface area contributed by atoms with Crippen LogP contribution < -0.4 is 19.1 Å². The number of rotatable bonds is 10. The molecule has 0 saturated heterocycles. The summed E-state index contributed by atoms with van der Waals surface area (Å²) in [7, 11) is 7.27. The van der Waals surface area contributed by atoms with Gasteiger partial charge in [-0.1, -0.05) is 29.5 Å². The van der Waals surface area contributed by atoms with Gasteiger partial charge in [-0.2, -0.15) is 0 Å². The molecule has 36 heavy (non-hydrogen) atoms. The zero-order valence-corrected chi connectivity index (χ0v) is 22.4. The molecule has 0 bridgehead atoms. The Morgan fingerprint density at radius 3 is 2.14 bits per heavy atom. The van der Waals surface area contributed by atoms with Crippen LogP contribution in [0.4, 0.5) is 5.13 Å². The van der Waals surface area contributed by atoms with Gasteiger partial charge < -0.3 is 19.1 Å². The summed E-state index contributed by atoms with van der Waals surface area (Å²) >= 11 is 1.42. The van der Waals surface area contributed by atoms with Crippen LogP contribution in [0.15, 0.2) is 66.7 Å². The molecule has 0 aliphatic rings. The van der Waals surface area contributed by atoms with Crippen molar-refractivity contribution in [2.24, 2.45) is 0 Å². The average Bonchev–Trinajstić information content (AvgIpc) is 3.32. The second-order valence-electron chi connectivity index (χ2n) is 8.20. The van der Waals surface area contributed by atoms with E-state index in [1.54, 1.807) is 31.3 Å². The number of ether oxygens (including phenoxy) is 3. The predicted molar refractivity (Wildman–Crippen MR) is 148 cm³/mol. The standard InChI is InChI=1S/C27H29N3O4S.ClH/c1-29(2)17-8-18-30(27-28-24-22(32-3)15-16-23(33-4)25(24)35-27)26(31)19-11-13-21(14-12-19)34-20-9-6-5-7-10-20;/h5-7,9-16H,8,17-18H2,1-4H3;1H. The quantitative estimate of drug-likeness (QED) is 0.247. The number of fused-ring (bicyclic) bond motifs is 1. The maximum atomic E-state index is 13.7. The van der Waals surface area contributed by atoms with Crippen LogP contribution in [0.5, 0.6) is 23.0 Å². The molecule has 0 radical (unpaired) electrons. The summed E-state index contributed by atoms with van der Waals surface area (Å²) in [5, 5.41) is 0.608. The van der Waals surface area contributed by atoms with Gasteiger partial charge in [0.05, 0.1) is 14.2 Å². The number of nitrogens with zero attached hydrogens (tertiary/aromatic N) is 3. The first-order valence-corrected chi connectivity index (χ1v) is 12.1. The van der Waals surface area contributed by atoms with E-state index in [0.29, 0.717) is 40.0 Å². The van der Waals surface area contributed by atoms with Crippen LogP contribution in [0.3, 0.4) is 0 Å².